The fourth-order valence-corrected chi connectivity index (χ4v) is 3.62. The van der Waals surface area contributed by atoms with Crippen molar-refractivity contribution in [2.45, 2.75) is 39.3 Å². The summed E-state index contributed by atoms with van der Waals surface area (Å²) >= 11 is 0. The Kier molecular flexibility index (Phi) is 5.28. The van der Waals surface area contributed by atoms with Gasteiger partial charge in [0.05, 0.1) is 12.1 Å². The number of para-hydroxylation sites is 1. The van der Waals surface area contributed by atoms with E-state index in [2.05, 4.69) is 26.7 Å². The summed E-state index contributed by atoms with van der Waals surface area (Å²) in [5.41, 5.74) is 1.42. The summed E-state index contributed by atoms with van der Waals surface area (Å²) in [7, 11) is 2.02. The third-order valence-electron chi connectivity index (χ3n) is 5.00. The maximum Gasteiger partial charge on any atom is 0.151 e. The topological polar surface area (TPSA) is 33.1 Å². The fourth-order valence-electron chi connectivity index (χ4n) is 3.62. The van der Waals surface area contributed by atoms with Gasteiger partial charge in [-0.05, 0) is 70.9 Å². The van der Waals surface area contributed by atoms with Crippen LogP contribution < -0.4 is 5.32 Å². The van der Waals surface area contributed by atoms with Crippen LogP contribution in [0.3, 0.4) is 0 Å². The van der Waals surface area contributed by atoms with Gasteiger partial charge < -0.3 is 9.88 Å². The number of rotatable bonds is 6. The van der Waals surface area contributed by atoms with Crippen molar-refractivity contribution < 1.29 is 4.39 Å². The summed E-state index contributed by atoms with van der Waals surface area (Å²) in [6.45, 7) is 7.08. The Morgan fingerprint density at radius 2 is 2.09 bits per heavy atom. The maximum atomic E-state index is 14.0. The second-order valence-electron chi connectivity index (χ2n) is 6.49. The molecule has 1 N–H and O–H groups in total. The molecular formula is C18H27FN4. The highest BCUT2D eigenvalue weighted by Crippen LogP contribution is 2.24. The van der Waals surface area contributed by atoms with Crippen molar-refractivity contribution in [3.63, 3.8) is 0 Å². The molecule has 23 heavy (non-hydrogen) atoms. The van der Waals surface area contributed by atoms with E-state index in [-0.39, 0.29) is 5.82 Å². The molecule has 0 spiro atoms. The standard InChI is InChI=1S/C18H27FN4/c1-3-23-16-6-4-5-15(19)18(16)21-17(23)13-22-11-8-14(9-12-22)7-10-20-2/h4-6,14,20H,3,7-13H2,1-2H3. The number of fused-ring (bicyclic) bond motifs is 1. The third kappa shape index (κ3) is 3.56. The minimum atomic E-state index is -0.221. The van der Waals surface area contributed by atoms with E-state index < -0.39 is 0 Å². The molecule has 0 radical (unpaired) electrons. The lowest BCUT2D eigenvalue weighted by molar-refractivity contribution is 0.167. The van der Waals surface area contributed by atoms with Gasteiger partial charge in [-0.15, -0.1) is 0 Å². The third-order valence-corrected chi connectivity index (χ3v) is 5.00. The molecule has 126 valence electrons. The molecule has 1 aromatic heterocycles. The first kappa shape index (κ1) is 16.4. The summed E-state index contributed by atoms with van der Waals surface area (Å²) in [5, 5.41) is 3.24. The van der Waals surface area contributed by atoms with E-state index in [1.54, 1.807) is 6.07 Å². The van der Waals surface area contributed by atoms with Gasteiger partial charge in [-0.25, -0.2) is 9.37 Å². The van der Waals surface area contributed by atoms with E-state index in [1.807, 2.05) is 13.1 Å². The number of nitrogens with one attached hydrogen (secondary N) is 1. The van der Waals surface area contributed by atoms with Crippen molar-refractivity contribution in [3.8, 4) is 0 Å². The van der Waals surface area contributed by atoms with Crippen LogP contribution in [0.2, 0.25) is 0 Å². The molecule has 2 heterocycles. The van der Waals surface area contributed by atoms with E-state index in [0.717, 1.165) is 50.0 Å². The smallest absolute Gasteiger partial charge is 0.151 e. The average molecular weight is 318 g/mol. The first-order valence-corrected chi connectivity index (χ1v) is 8.73. The number of halogens is 1. The maximum absolute atomic E-state index is 14.0. The summed E-state index contributed by atoms with van der Waals surface area (Å²) < 4.78 is 16.1. The molecule has 1 aromatic carbocycles. The number of benzene rings is 1. The number of likely N-dealkylation sites (tertiary alicyclic amines) is 1. The summed E-state index contributed by atoms with van der Waals surface area (Å²) in [5.74, 6) is 1.60. The highest BCUT2D eigenvalue weighted by molar-refractivity contribution is 5.76. The predicted molar refractivity (Wildman–Crippen MR) is 91.9 cm³/mol. The van der Waals surface area contributed by atoms with E-state index in [1.165, 1.54) is 25.3 Å². The van der Waals surface area contributed by atoms with Crippen LogP contribution in [0.25, 0.3) is 11.0 Å². The normalized spacial score (nSPS) is 17.2. The quantitative estimate of drug-likeness (QED) is 0.889. The number of hydrogen-bond donors (Lipinski definition) is 1. The molecule has 3 rings (SSSR count). The van der Waals surface area contributed by atoms with Crippen LogP contribution in [0, 0.1) is 11.7 Å². The van der Waals surface area contributed by atoms with Gasteiger partial charge in [0, 0.05) is 6.54 Å². The molecular weight excluding hydrogens is 291 g/mol. The van der Waals surface area contributed by atoms with Crippen LogP contribution >= 0.6 is 0 Å². The van der Waals surface area contributed by atoms with Crippen molar-refractivity contribution in [3.05, 3.63) is 29.8 Å². The number of hydrogen-bond acceptors (Lipinski definition) is 3. The summed E-state index contributed by atoms with van der Waals surface area (Å²) in [4.78, 5) is 7.04. The minimum Gasteiger partial charge on any atom is -0.327 e. The van der Waals surface area contributed by atoms with E-state index in [0.29, 0.717) is 5.52 Å². The molecule has 0 atom stereocenters. The number of imidazole rings is 1. The van der Waals surface area contributed by atoms with Gasteiger partial charge >= 0.3 is 0 Å². The zero-order chi connectivity index (χ0) is 16.2. The van der Waals surface area contributed by atoms with Gasteiger partial charge in [-0.2, -0.15) is 0 Å². The zero-order valence-corrected chi connectivity index (χ0v) is 14.2. The first-order chi connectivity index (χ1) is 11.2. The van der Waals surface area contributed by atoms with Crippen molar-refractivity contribution in [2.75, 3.05) is 26.7 Å². The SMILES string of the molecule is CCn1c(CN2CCC(CCNC)CC2)nc2c(F)cccc21. The lowest BCUT2D eigenvalue weighted by atomic mass is 9.93. The highest BCUT2D eigenvalue weighted by Gasteiger charge is 2.21. The van der Waals surface area contributed by atoms with Crippen molar-refractivity contribution in [1.82, 2.24) is 19.8 Å². The Balaban J connectivity index is 1.69. The fraction of sp³-hybridized carbons (Fsp3) is 0.611. The van der Waals surface area contributed by atoms with Crippen LogP contribution in [-0.2, 0) is 13.1 Å². The molecule has 1 aliphatic heterocycles. The van der Waals surface area contributed by atoms with E-state index in [4.69, 9.17) is 0 Å². The van der Waals surface area contributed by atoms with Crippen LogP contribution in [0.1, 0.15) is 32.0 Å². The van der Waals surface area contributed by atoms with Gasteiger partial charge in [0.15, 0.2) is 5.82 Å². The average Bonchev–Trinajstić information content (AvgIpc) is 2.93. The second-order valence-corrected chi connectivity index (χ2v) is 6.49. The monoisotopic (exact) mass is 318 g/mol. The van der Waals surface area contributed by atoms with E-state index in [9.17, 15) is 4.39 Å². The Bertz CT molecular complexity index is 644. The van der Waals surface area contributed by atoms with Crippen LogP contribution in [0.4, 0.5) is 4.39 Å². The predicted octanol–water partition coefficient (Wildman–Crippen LogP) is 3.02. The van der Waals surface area contributed by atoms with Gasteiger partial charge in [-0.1, -0.05) is 6.07 Å². The summed E-state index contributed by atoms with van der Waals surface area (Å²) in [6, 6.07) is 5.22. The largest absolute Gasteiger partial charge is 0.327 e. The molecule has 2 aromatic rings. The molecule has 1 aliphatic rings. The Morgan fingerprint density at radius 1 is 1.30 bits per heavy atom. The van der Waals surface area contributed by atoms with Gasteiger partial charge in [-0.3, -0.25) is 4.90 Å². The molecule has 1 saturated heterocycles. The zero-order valence-electron chi connectivity index (χ0n) is 14.2. The molecule has 0 saturated carbocycles. The lowest BCUT2D eigenvalue weighted by Crippen LogP contribution is -2.34. The second kappa shape index (κ2) is 7.41. The number of aryl methyl sites for hydroxylation is 1. The van der Waals surface area contributed by atoms with Crippen molar-refractivity contribution in [2.24, 2.45) is 5.92 Å². The first-order valence-electron chi connectivity index (χ1n) is 8.73. The van der Waals surface area contributed by atoms with Gasteiger partial charge in [0.1, 0.15) is 11.3 Å². The van der Waals surface area contributed by atoms with Crippen LogP contribution in [-0.4, -0.2) is 41.1 Å². The molecule has 0 bridgehead atoms. The molecule has 4 nitrogen and oxygen atoms in total. The van der Waals surface area contributed by atoms with Gasteiger partial charge in [0.25, 0.3) is 0 Å². The van der Waals surface area contributed by atoms with Crippen molar-refractivity contribution in [1.29, 1.82) is 0 Å². The van der Waals surface area contributed by atoms with Crippen LogP contribution in [0.5, 0.6) is 0 Å². The highest BCUT2D eigenvalue weighted by atomic mass is 19.1. The molecule has 1 fully saturated rings. The van der Waals surface area contributed by atoms with Crippen LogP contribution in [0.15, 0.2) is 18.2 Å². The lowest BCUT2D eigenvalue weighted by Gasteiger charge is -2.31. The molecule has 0 unspecified atom stereocenters. The molecule has 5 heteroatoms. The van der Waals surface area contributed by atoms with E-state index >= 15 is 0 Å². The number of nitrogens with zero attached hydrogens (tertiary/aromatic N) is 3. The Morgan fingerprint density at radius 3 is 2.78 bits per heavy atom. The number of aromatic nitrogens is 2. The number of piperidine rings is 1. The minimum absolute atomic E-state index is 0.221. The Labute approximate surface area is 137 Å². The van der Waals surface area contributed by atoms with Crippen molar-refractivity contribution >= 4 is 11.0 Å². The van der Waals surface area contributed by atoms with Gasteiger partial charge in [0.2, 0.25) is 0 Å². The molecule has 0 aliphatic carbocycles. The summed E-state index contributed by atoms with van der Waals surface area (Å²) in [6.07, 6.45) is 3.77. The molecule has 0 amide bonds. The Hall–Kier alpha value is -1.46.